The van der Waals surface area contributed by atoms with Crippen molar-refractivity contribution < 1.29 is 14.6 Å². The van der Waals surface area contributed by atoms with Gasteiger partial charge in [0.05, 0.1) is 12.7 Å². The maximum absolute atomic E-state index is 12.2. The summed E-state index contributed by atoms with van der Waals surface area (Å²) in [6, 6.07) is 0. The van der Waals surface area contributed by atoms with E-state index in [0.29, 0.717) is 12.5 Å². The standard InChI is InChI=1S/C15H29NO3/c1-12(9-13-7-5-4-6-8-13)15(18)16(2)10-14(17)11-19-3/h12-14,17H,4-11H2,1-3H3. The number of amides is 1. The largest absolute Gasteiger partial charge is 0.389 e. The molecule has 1 N–H and O–H groups in total. The van der Waals surface area contributed by atoms with E-state index in [0.717, 1.165) is 6.42 Å². The number of hydrogen-bond donors (Lipinski definition) is 1. The van der Waals surface area contributed by atoms with Gasteiger partial charge in [0, 0.05) is 26.6 Å². The minimum absolute atomic E-state index is 0.0582. The van der Waals surface area contributed by atoms with Crippen molar-refractivity contribution in [2.75, 3.05) is 27.3 Å². The van der Waals surface area contributed by atoms with Crippen LogP contribution in [0.3, 0.4) is 0 Å². The molecule has 1 rings (SSSR count). The van der Waals surface area contributed by atoms with Gasteiger partial charge in [-0.15, -0.1) is 0 Å². The molecule has 19 heavy (non-hydrogen) atoms. The minimum atomic E-state index is -0.596. The SMILES string of the molecule is COCC(O)CN(C)C(=O)C(C)CC1CCCCC1. The Morgan fingerprint density at radius 2 is 2.00 bits per heavy atom. The molecule has 4 heteroatoms. The van der Waals surface area contributed by atoms with E-state index >= 15 is 0 Å². The molecule has 112 valence electrons. The minimum Gasteiger partial charge on any atom is -0.389 e. The van der Waals surface area contributed by atoms with Gasteiger partial charge in [-0.3, -0.25) is 4.79 Å². The Bertz CT molecular complexity index is 264. The highest BCUT2D eigenvalue weighted by atomic mass is 16.5. The summed E-state index contributed by atoms with van der Waals surface area (Å²) in [5, 5.41) is 9.65. The summed E-state index contributed by atoms with van der Waals surface area (Å²) in [5.41, 5.74) is 0. The quantitative estimate of drug-likeness (QED) is 0.771. The first-order valence-corrected chi connectivity index (χ1v) is 7.46. The summed E-state index contributed by atoms with van der Waals surface area (Å²) < 4.78 is 4.88. The zero-order valence-electron chi connectivity index (χ0n) is 12.6. The predicted molar refractivity (Wildman–Crippen MR) is 75.9 cm³/mol. The summed E-state index contributed by atoms with van der Waals surface area (Å²) >= 11 is 0. The molecule has 0 aliphatic heterocycles. The number of aliphatic hydroxyl groups is 1. The first kappa shape index (κ1) is 16.4. The van der Waals surface area contributed by atoms with Crippen molar-refractivity contribution in [1.82, 2.24) is 4.90 Å². The van der Waals surface area contributed by atoms with Gasteiger partial charge in [0.15, 0.2) is 0 Å². The van der Waals surface area contributed by atoms with Crippen LogP contribution >= 0.6 is 0 Å². The molecule has 1 saturated carbocycles. The monoisotopic (exact) mass is 271 g/mol. The molecule has 2 atom stereocenters. The third-order valence-corrected chi connectivity index (χ3v) is 4.05. The molecule has 2 unspecified atom stereocenters. The summed E-state index contributed by atoms with van der Waals surface area (Å²) in [6.07, 6.45) is 6.91. The Kier molecular flexibility index (Phi) is 7.39. The molecule has 0 saturated heterocycles. The van der Waals surface area contributed by atoms with Crippen LogP contribution in [0.1, 0.15) is 45.4 Å². The van der Waals surface area contributed by atoms with E-state index in [1.807, 2.05) is 6.92 Å². The third kappa shape index (κ3) is 5.91. The molecule has 1 aliphatic carbocycles. The van der Waals surface area contributed by atoms with Crippen molar-refractivity contribution in [3.63, 3.8) is 0 Å². The maximum Gasteiger partial charge on any atom is 0.225 e. The van der Waals surface area contributed by atoms with E-state index in [9.17, 15) is 9.90 Å². The van der Waals surface area contributed by atoms with E-state index in [2.05, 4.69) is 0 Å². The summed E-state index contributed by atoms with van der Waals surface area (Å²) in [7, 11) is 3.31. The van der Waals surface area contributed by atoms with Crippen molar-refractivity contribution in [2.24, 2.45) is 11.8 Å². The van der Waals surface area contributed by atoms with Gasteiger partial charge in [0.2, 0.25) is 5.91 Å². The smallest absolute Gasteiger partial charge is 0.225 e. The fourth-order valence-electron chi connectivity index (χ4n) is 3.05. The molecule has 0 aromatic carbocycles. The van der Waals surface area contributed by atoms with Crippen molar-refractivity contribution >= 4 is 5.91 Å². The first-order valence-electron chi connectivity index (χ1n) is 7.46. The Hall–Kier alpha value is -0.610. The van der Waals surface area contributed by atoms with Crippen LogP contribution in [0.25, 0.3) is 0 Å². The lowest BCUT2D eigenvalue weighted by atomic mass is 9.83. The molecule has 1 fully saturated rings. The molecule has 0 heterocycles. The second-order valence-electron chi connectivity index (χ2n) is 5.97. The summed E-state index contributed by atoms with van der Waals surface area (Å²) in [5.74, 6) is 0.911. The van der Waals surface area contributed by atoms with Gasteiger partial charge < -0.3 is 14.7 Å². The fraction of sp³-hybridized carbons (Fsp3) is 0.933. The number of likely N-dealkylation sites (N-methyl/N-ethyl adjacent to an activating group) is 1. The molecule has 0 spiro atoms. The Morgan fingerprint density at radius 1 is 1.37 bits per heavy atom. The van der Waals surface area contributed by atoms with Gasteiger partial charge >= 0.3 is 0 Å². The number of methoxy groups -OCH3 is 1. The second-order valence-corrected chi connectivity index (χ2v) is 5.97. The number of ether oxygens (including phenoxy) is 1. The zero-order valence-corrected chi connectivity index (χ0v) is 12.6. The van der Waals surface area contributed by atoms with Gasteiger partial charge in [-0.25, -0.2) is 0 Å². The van der Waals surface area contributed by atoms with Gasteiger partial charge in [-0.1, -0.05) is 39.0 Å². The molecule has 4 nitrogen and oxygen atoms in total. The average Bonchev–Trinajstić information content (AvgIpc) is 2.39. The molecule has 0 bridgehead atoms. The molecule has 1 aliphatic rings. The van der Waals surface area contributed by atoms with Gasteiger partial charge in [-0.05, 0) is 12.3 Å². The van der Waals surface area contributed by atoms with Crippen LogP contribution in [-0.2, 0) is 9.53 Å². The van der Waals surface area contributed by atoms with Crippen molar-refractivity contribution in [1.29, 1.82) is 0 Å². The van der Waals surface area contributed by atoms with Gasteiger partial charge in [-0.2, -0.15) is 0 Å². The van der Waals surface area contributed by atoms with Crippen LogP contribution < -0.4 is 0 Å². The highest BCUT2D eigenvalue weighted by molar-refractivity contribution is 5.78. The van der Waals surface area contributed by atoms with Crippen LogP contribution in [-0.4, -0.2) is 49.3 Å². The van der Waals surface area contributed by atoms with Gasteiger partial charge in [0.1, 0.15) is 0 Å². The van der Waals surface area contributed by atoms with E-state index in [1.54, 1.807) is 19.1 Å². The lowest BCUT2D eigenvalue weighted by molar-refractivity contribution is -0.136. The Balaban J connectivity index is 2.33. The topological polar surface area (TPSA) is 49.8 Å². The van der Waals surface area contributed by atoms with Crippen molar-refractivity contribution in [2.45, 2.75) is 51.6 Å². The van der Waals surface area contributed by atoms with E-state index in [-0.39, 0.29) is 18.4 Å². The van der Waals surface area contributed by atoms with E-state index in [4.69, 9.17) is 4.74 Å². The number of carbonyl (C=O) groups excluding carboxylic acids is 1. The molecule has 0 aromatic heterocycles. The lowest BCUT2D eigenvalue weighted by Gasteiger charge is -2.27. The normalized spacial score (nSPS) is 20.0. The van der Waals surface area contributed by atoms with Crippen LogP contribution in [0, 0.1) is 11.8 Å². The number of nitrogens with zero attached hydrogens (tertiary/aromatic N) is 1. The van der Waals surface area contributed by atoms with E-state index in [1.165, 1.54) is 32.1 Å². The summed E-state index contributed by atoms with van der Waals surface area (Å²) in [6.45, 7) is 2.63. The number of rotatable bonds is 7. The zero-order chi connectivity index (χ0) is 14.3. The van der Waals surface area contributed by atoms with Crippen LogP contribution in [0.2, 0.25) is 0 Å². The maximum atomic E-state index is 12.2. The number of carbonyl (C=O) groups is 1. The van der Waals surface area contributed by atoms with Crippen molar-refractivity contribution in [3.05, 3.63) is 0 Å². The van der Waals surface area contributed by atoms with Crippen LogP contribution in [0.4, 0.5) is 0 Å². The first-order chi connectivity index (χ1) is 9.04. The molecule has 0 aromatic rings. The molecule has 1 amide bonds. The lowest BCUT2D eigenvalue weighted by Crippen LogP contribution is -2.39. The third-order valence-electron chi connectivity index (χ3n) is 4.05. The Morgan fingerprint density at radius 3 is 2.58 bits per heavy atom. The molecular formula is C15H29NO3. The van der Waals surface area contributed by atoms with E-state index < -0.39 is 6.10 Å². The number of aliphatic hydroxyl groups excluding tert-OH is 1. The molecule has 0 radical (unpaired) electrons. The van der Waals surface area contributed by atoms with Gasteiger partial charge in [0.25, 0.3) is 0 Å². The predicted octanol–water partition coefficient (Wildman–Crippen LogP) is 2.06. The fourth-order valence-corrected chi connectivity index (χ4v) is 3.05. The van der Waals surface area contributed by atoms with Crippen molar-refractivity contribution in [3.8, 4) is 0 Å². The number of hydrogen-bond acceptors (Lipinski definition) is 3. The highest BCUT2D eigenvalue weighted by Crippen LogP contribution is 2.29. The Labute approximate surface area is 117 Å². The summed E-state index contributed by atoms with van der Waals surface area (Å²) in [4.78, 5) is 13.9. The molecular weight excluding hydrogens is 242 g/mol. The van der Waals surface area contributed by atoms with Crippen LogP contribution in [0.15, 0.2) is 0 Å². The average molecular weight is 271 g/mol. The second kappa shape index (κ2) is 8.54. The highest BCUT2D eigenvalue weighted by Gasteiger charge is 2.24. The van der Waals surface area contributed by atoms with Crippen LogP contribution in [0.5, 0.6) is 0 Å².